The fourth-order valence-electron chi connectivity index (χ4n) is 1.61. The molecule has 0 aliphatic rings. The van der Waals surface area contributed by atoms with Crippen LogP contribution in [0.25, 0.3) is 0 Å². The quantitative estimate of drug-likeness (QED) is 0.777. The number of rotatable bonds is 6. The van der Waals surface area contributed by atoms with E-state index in [2.05, 4.69) is 15.5 Å². The van der Waals surface area contributed by atoms with E-state index in [1.54, 1.807) is 25.2 Å². The van der Waals surface area contributed by atoms with E-state index in [9.17, 15) is 4.79 Å². The number of amides is 1. The van der Waals surface area contributed by atoms with Gasteiger partial charge in [-0.15, -0.1) is 0 Å². The van der Waals surface area contributed by atoms with Crippen LogP contribution in [-0.2, 0) is 0 Å². The van der Waals surface area contributed by atoms with Gasteiger partial charge in [-0.1, -0.05) is 11.6 Å². The molecule has 100 valence electrons. The van der Waals surface area contributed by atoms with Crippen molar-refractivity contribution in [1.82, 2.24) is 10.2 Å². The molecule has 1 aromatic carbocycles. The fraction of sp³-hybridized carbons (Fsp3) is 0.462. The Hall–Kier alpha value is -1.26. The van der Waals surface area contributed by atoms with Gasteiger partial charge in [-0.3, -0.25) is 4.79 Å². The molecule has 0 unspecified atom stereocenters. The van der Waals surface area contributed by atoms with Crippen LogP contribution in [0, 0.1) is 0 Å². The number of anilines is 1. The van der Waals surface area contributed by atoms with Crippen LogP contribution in [0.15, 0.2) is 18.2 Å². The van der Waals surface area contributed by atoms with Crippen molar-refractivity contribution in [3.05, 3.63) is 28.8 Å². The molecule has 0 bridgehead atoms. The third-order valence-electron chi connectivity index (χ3n) is 2.56. The Morgan fingerprint density at radius 2 is 2.11 bits per heavy atom. The lowest BCUT2D eigenvalue weighted by molar-refractivity contribution is 0.0953. The first kappa shape index (κ1) is 14.8. The van der Waals surface area contributed by atoms with E-state index in [1.165, 1.54) is 0 Å². The summed E-state index contributed by atoms with van der Waals surface area (Å²) < 4.78 is 0. The highest BCUT2D eigenvalue weighted by Gasteiger charge is 2.10. The van der Waals surface area contributed by atoms with Gasteiger partial charge in [-0.05, 0) is 45.3 Å². The van der Waals surface area contributed by atoms with Gasteiger partial charge in [0.05, 0.1) is 5.56 Å². The minimum Gasteiger partial charge on any atom is -0.387 e. The zero-order valence-corrected chi connectivity index (χ0v) is 11.8. The number of hydrogen-bond donors (Lipinski definition) is 2. The van der Waals surface area contributed by atoms with Crippen molar-refractivity contribution in [1.29, 1.82) is 0 Å². The largest absolute Gasteiger partial charge is 0.387 e. The number of nitrogens with zero attached hydrogens (tertiary/aromatic N) is 1. The van der Waals surface area contributed by atoms with Crippen LogP contribution < -0.4 is 10.6 Å². The molecule has 1 aromatic rings. The maximum absolute atomic E-state index is 12.0. The molecule has 0 aromatic heterocycles. The normalized spacial score (nSPS) is 10.5. The van der Waals surface area contributed by atoms with Crippen molar-refractivity contribution in [3.63, 3.8) is 0 Å². The number of benzene rings is 1. The highest BCUT2D eigenvalue weighted by molar-refractivity contribution is 6.31. The number of carbonyl (C=O) groups is 1. The summed E-state index contributed by atoms with van der Waals surface area (Å²) in [7, 11) is 5.81. The molecule has 0 fully saturated rings. The van der Waals surface area contributed by atoms with Crippen LogP contribution in [0.1, 0.15) is 16.8 Å². The third kappa shape index (κ3) is 4.55. The van der Waals surface area contributed by atoms with E-state index in [0.29, 0.717) is 17.1 Å². The first-order chi connectivity index (χ1) is 8.54. The zero-order chi connectivity index (χ0) is 13.5. The monoisotopic (exact) mass is 269 g/mol. The maximum atomic E-state index is 12.0. The second kappa shape index (κ2) is 7.24. The van der Waals surface area contributed by atoms with Crippen LogP contribution in [0.3, 0.4) is 0 Å². The molecule has 0 saturated heterocycles. The van der Waals surface area contributed by atoms with E-state index in [-0.39, 0.29) is 5.91 Å². The van der Waals surface area contributed by atoms with Gasteiger partial charge in [-0.25, -0.2) is 0 Å². The van der Waals surface area contributed by atoms with Crippen molar-refractivity contribution < 1.29 is 4.79 Å². The molecule has 0 radical (unpaired) electrons. The molecule has 0 saturated carbocycles. The number of hydrogen-bond acceptors (Lipinski definition) is 3. The van der Waals surface area contributed by atoms with Gasteiger partial charge in [0, 0.05) is 24.3 Å². The van der Waals surface area contributed by atoms with Gasteiger partial charge in [0.25, 0.3) is 5.91 Å². The first-order valence-corrected chi connectivity index (χ1v) is 6.32. The fourth-order valence-corrected chi connectivity index (χ4v) is 1.79. The van der Waals surface area contributed by atoms with Crippen molar-refractivity contribution in [3.8, 4) is 0 Å². The van der Waals surface area contributed by atoms with E-state index >= 15 is 0 Å². The summed E-state index contributed by atoms with van der Waals surface area (Å²) in [5.41, 5.74) is 1.36. The van der Waals surface area contributed by atoms with Gasteiger partial charge in [-0.2, -0.15) is 0 Å². The lowest BCUT2D eigenvalue weighted by atomic mass is 10.1. The minimum atomic E-state index is -0.0967. The average Bonchev–Trinajstić information content (AvgIpc) is 2.34. The van der Waals surface area contributed by atoms with Crippen LogP contribution in [0.5, 0.6) is 0 Å². The lowest BCUT2D eigenvalue weighted by Crippen LogP contribution is -2.27. The summed E-state index contributed by atoms with van der Waals surface area (Å²) in [5.74, 6) is -0.0967. The van der Waals surface area contributed by atoms with Crippen LogP contribution in [0.4, 0.5) is 5.69 Å². The summed E-state index contributed by atoms with van der Waals surface area (Å²) in [4.78, 5) is 14.1. The summed E-state index contributed by atoms with van der Waals surface area (Å²) in [5, 5.41) is 6.44. The molecule has 0 heterocycles. The highest BCUT2D eigenvalue weighted by Crippen LogP contribution is 2.20. The van der Waals surface area contributed by atoms with E-state index in [4.69, 9.17) is 11.6 Å². The molecule has 1 amide bonds. The molecule has 0 spiro atoms. The Kier molecular flexibility index (Phi) is 5.95. The molecular formula is C13H20ClN3O. The maximum Gasteiger partial charge on any atom is 0.253 e. The van der Waals surface area contributed by atoms with Gasteiger partial charge in [0.1, 0.15) is 0 Å². The number of nitrogens with one attached hydrogen (secondary N) is 2. The molecule has 4 nitrogen and oxygen atoms in total. The summed E-state index contributed by atoms with van der Waals surface area (Å²) in [6.45, 7) is 1.61. The second-order valence-corrected chi connectivity index (χ2v) is 4.79. The van der Waals surface area contributed by atoms with Crippen molar-refractivity contribution in [2.24, 2.45) is 0 Å². The lowest BCUT2D eigenvalue weighted by Gasteiger charge is -2.12. The molecule has 0 aliphatic carbocycles. The molecule has 5 heteroatoms. The number of carbonyl (C=O) groups excluding carboxylic acids is 1. The second-order valence-electron chi connectivity index (χ2n) is 4.35. The van der Waals surface area contributed by atoms with Crippen molar-refractivity contribution in [2.75, 3.05) is 39.5 Å². The van der Waals surface area contributed by atoms with Gasteiger partial charge in [0.2, 0.25) is 0 Å². The molecule has 18 heavy (non-hydrogen) atoms. The van der Waals surface area contributed by atoms with E-state index < -0.39 is 0 Å². The molecular weight excluding hydrogens is 250 g/mol. The van der Waals surface area contributed by atoms with Crippen molar-refractivity contribution in [2.45, 2.75) is 6.42 Å². The van der Waals surface area contributed by atoms with Gasteiger partial charge in [0.15, 0.2) is 0 Å². The minimum absolute atomic E-state index is 0.0967. The Morgan fingerprint density at radius 1 is 1.39 bits per heavy atom. The number of halogens is 1. The topological polar surface area (TPSA) is 44.4 Å². The van der Waals surface area contributed by atoms with Gasteiger partial charge < -0.3 is 15.5 Å². The first-order valence-electron chi connectivity index (χ1n) is 5.95. The Morgan fingerprint density at radius 3 is 2.72 bits per heavy atom. The molecule has 0 aliphatic heterocycles. The molecule has 1 rings (SSSR count). The van der Waals surface area contributed by atoms with E-state index in [0.717, 1.165) is 18.7 Å². The summed E-state index contributed by atoms with van der Waals surface area (Å²) in [6.07, 6.45) is 0.925. The van der Waals surface area contributed by atoms with Crippen LogP contribution >= 0.6 is 11.6 Å². The van der Waals surface area contributed by atoms with Crippen molar-refractivity contribution >= 4 is 23.2 Å². The zero-order valence-electron chi connectivity index (χ0n) is 11.1. The SMILES string of the molecule is CNc1ccc(Cl)cc1C(=O)NCCCN(C)C. The molecule has 0 atom stereocenters. The smallest absolute Gasteiger partial charge is 0.253 e. The predicted molar refractivity (Wildman–Crippen MR) is 76.5 cm³/mol. The average molecular weight is 270 g/mol. The van der Waals surface area contributed by atoms with E-state index in [1.807, 2.05) is 14.1 Å². The van der Waals surface area contributed by atoms with Gasteiger partial charge >= 0.3 is 0 Å². The molecule has 2 N–H and O–H groups in total. The third-order valence-corrected chi connectivity index (χ3v) is 2.80. The Bertz CT molecular complexity index is 407. The van der Waals surface area contributed by atoms with Crippen LogP contribution in [0.2, 0.25) is 5.02 Å². The Balaban J connectivity index is 2.58. The highest BCUT2D eigenvalue weighted by atomic mass is 35.5. The van der Waals surface area contributed by atoms with Crippen LogP contribution in [-0.4, -0.2) is 45.0 Å². The standard InChI is InChI=1S/C13H20ClN3O/c1-15-12-6-5-10(14)9-11(12)13(18)16-7-4-8-17(2)3/h5-6,9,15H,4,7-8H2,1-3H3,(H,16,18). The summed E-state index contributed by atoms with van der Waals surface area (Å²) in [6, 6.07) is 5.24. The summed E-state index contributed by atoms with van der Waals surface area (Å²) >= 11 is 5.91. The predicted octanol–water partition coefficient (Wildman–Crippen LogP) is 2.06. The Labute approximate surface area is 113 Å².